The van der Waals surface area contributed by atoms with E-state index in [9.17, 15) is 4.79 Å². The van der Waals surface area contributed by atoms with Gasteiger partial charge in [-0.3, -0.25) is 10.1 Å². The van der Waals surface area contributed by atoms with Gasteiger partial charge in [-0.1, -0.05) is 26.8 Å². The van der Waals surface area contributed by atoms with Crippen LogP contribution < -0.4 is 5.32 Å². The van der Waals surface area contributed by atoms with E-state index >= 15 is 0 Å². The van der Waals surface area contributed by atoms with Crippen LogP contribution in [0, 0.1) is 5.92 Å². The molecule has 1 aliphatic heterocycles. The van der Waals surface area contributed by atoms with Gasteiger partial charge in [-0.25, -0.2) is 0 Å². The largest absolute Gasteiger partial charge is 0.320 e. The van der Waals surface area contributed by atoms with Gasteiger partial charge < -0.3 is 4.90 Å². The van der Waals surface area contributed by atoms with Crippen molar-refractivity contribution < 1.29 is 4.79 Å². The molecule has 2 rings (SSSR count). The topological polar surface area (TPSA) is 32.3 Å². The molecule has 0 aliphatic carbocycles. The van der Waals surface area contributed by atoms with Crippen molar-refractivity contribution in [3.63, 3.8) is 0 Å². The Balaban J connectivity index is 2.29. The lowest BCUT2D eigenvalue weighted by atomic mass is 9.99. The quantitative estimate of drug-likeness (QED) is 0.908. The highest BCUT2D eigenvalue weighted by Gasteiger charge is 2.47. The van der Waals surface area contributed by atoms with E-state index in [2.05, 4.69) is 37.5 Å². The van der Waals surface area contributed by atoms with Crippen molar-refractivity contribution in [3.05, 3.63) is 22.4 Å². The number of carbonyl (C=O) groups is 1. The zero-order chi connectivity index (χ0) is 13.3. The molecule has 2 unspecified atom stereocenters. The van der Waals surface area contributed by atoms with Gasteiger partial charge in [0.15, 0.2) is 0 Å². The zero-order valence-corrected chi connectivity index (χ0v) is 12.4. The summed E-state index contributed by atoms with van der Waals surface area (Å²) in [5.41, 5.74) is -0.413. The van der Waals surface area contributed by atoms with Gasteiger partial charge >= 0.3 is 0 Å². The number of hydrogen-bond donors (Lipinski definition) is 1. The van der Waals surface area contributed by atoms with E-state index in [0.29, 0.717) is 5.92 Å². The fourth-order valence-corrected chi connectivity index (χ4v) is 3.17. The molecule has 4 heteroatoms. The molecule has 0 saturated carbocycles. The average molecular weight is 266 g/mol. The van der Waals surface area contributed by atoms with Gasteiger partial charge in [-0.15, -0.1) is 11.3 Å². The highest BCUT2D eigenvalue weighted by atomic mass is 32.1. The highest BCUT2D eigenvalue weighted by Crippen LogP contribution is 2.34. The summed E-state index contributed by atoms with van der Waals surface area (Å²) in [7, 11) is 0. The number of nitrogens with zero attached hydrogens (tertiary/aromatic N) is 1. The van der Waals surface area contributed by atoms with E-state index in [1.807, 2.05) is 17.9 Å². The maximum Gasteiger partial charge on any atom is 0.244 e. The average Bonchev–Trinajstić information content (AvgIpc) is 2.91. The summed E-state index contributed by atoms with van der Waals surface area (Å²) < 4.78 is 0. The maximum atomic E-state index is 12.6. The minimum atomic E-state index is -0.413. The maximum absolute atomic E-state index is 12.6. The number of thiophene rings is 1. The van der Waals surface area contributed by atoms with Gasteiger partial charge in [0.1, 0.15) is 6.17 Å². The van der Waals surface area contributed by atoms with Crippen LogP contribution in [0.2, 0.25) is 0 Å². The van der Waals surface area contributed by atoms with Crippen molar-refractivity contribution in [2.75, 3.05) is 6.54 Å². The number of hydrogen-bond acceptors (Lipinski definition) is 3. The Kier molecular flexibility index (Phi) is 3.78. The lowest BCUT2D eigenvalue weighted by molar-refractivity contribution is -0.133. The Hall–Kier alpha value is -0.870. The van der Waals surface area contributed by atoms with E-state index < -0.39 is 5.54 Å². The number of amides is 1. The molecule has 3 nitrogen and oxygen atoms in total. The first-order chi connectivity index (χ1) is 8.48. The molecule has 0 spiro atoms. The van der Waals surface area contributed by atoms with Gasteiger partial charge in [0.25, 0.3) is 0 Å². The van der Waals surface area contributed by atoms with Crippen molar-refractivity contribution >= 4 is 17.2 Å². The Labute approximate surface area is 113 Å². The lowest BCUT2D eigenvalue weighted by Gasteiger charge is -2.25. The first-order valence-corrected chi connectivity index (χ1v) is 7.48. The summed E-state index contributed by atoms with van der Waals surface area (Å²) in [6.07, 6.45) is 0.868. The Bertz CT molecular complexity index is 415. The Morgan fingerprint density at radius 3 is 2.78 bits per heavy atom. The van der Waals surface area contributed by atoms with Gasteiger partial charge in [0.05, 0.1) is 5.54 Å². The second kappa shape index (κ2) is 5.02. The Morgan fingerprint density at radius 2 is 2.28 bits per heavy atom. The standard InChI is InChI=1S/C14H22N2OS/c1-5-14(4)13(17)16(9-10(2)3)12(15-14)11-7-6-8-18-11/h6-8,10,12,15H,5,9H2,1-4H3. The summed E-state index contributed by atoms with van der Waals surface area (Å²) in [6.45, 7) is 9.19. The minimum Gasteiger partial charge on any atom is -0.320 e. The summed E-state index contributed by atoms with van der Waals surface area (Å²) in [5, 5.41) is 5.58. The number of rotatable bonds is 4. The molecule has 100 valence electrons. The van der Waals surface area contributed by atoms with Gasteiger partial charge in [0, 0.05) is 11.4 Å². The van der Waals surface area contributed by atoms with Crippen LogP contribution in [0.5, 0.6) is 0 Å². The summed E-state index contributed by atoms with van der Waals surface area (Å²) in [5.74, 6) is 0.717. The van der Waals surface area contributed by atoms with E-state index in [4.69, 9.17) is 0 Å². The van der Waals surface area contributed by atoms with Gasteiger partial charge in [0.2, 0.25) is 5.91 Å². The molecule has 1 N–H and O–H groups in total. The predicted octanol–water partition coefficient (Wildman–Crippen LogP) is 3.00. The predicted molar refractivity (Wildman–Crippen MR) is 75.4 cm³/mol. The second-order valence-electron chi connectivity index (χ2n) is 5.60. The van der Waals surface area contributed by atoms with Crippen LogP contribution in [0.1, 0.15) is 45.2 Å². The van der Waals surface area contributed by atoms with E-state index in [1.54, 1.807) is 11.3 Å². The smallest absolute Gasteiger partial charge is 0.244 e. The molecule has 0 aromatic carbocycles. The zero-order valence-electron chi connectivity index (χ0n) is 11.6. The van der Waals surface area contributed by atoms with Crippen molar-refractivity contribution in [3.8, 4) is 0 Å². The first kappa shape index (κ1) is 13.6. The molecular weight excluding hydrogens is 244 g/mol. The third kappa shape index (κ3) is 2.31. The molecule has 1 saturated heterocycles. The molecule has 1 aromatic rings. The van der Waals surface area contributed by atoms with Crippen LogP contribution in [0.3, 0.4) is 0 Å². The van der Waals surface area contributed by atoms with Crippen LogP contribution in [-0.4, -0.2) is 22.9 Å². The Morgan fingerprint density at radius 1 is 1.56 bits per heavy atom. The molecule has 1 fully saturated rings. The summed E-state index contributed by atoms with van der Waals surface area (Å²) in [6, 6.07) is 4.14. The fraction of sp³-hybridized carbons (Fsp3) is 0.643. The minimum absolute atomic E-state index is 0.0462. The molecule has 2 atom stereocenters. The number of carbonyl (C=O) groups excluding carboxylic acids is 1. The molecule has 1 aromatic heterocycles. The van der Waals surface area contributed by atoms with Crippen LogP contribution in [0.4, 0.5) is 0 Å². The lowest BCUT2D eigenvalue weighted by Crippen LogP contribution is -2.43. The monoisotopic (exact) mass is 266 g/mol. The fourth-order valence-electron chi connectivity index (χ4n) is 2.38. The molecule has 2 heterocycles. The van der Waals surface area contributed by atoms with Crippen LogP contribution >= 0.6 is 11.3 Å². The van der Waals surface area contributed by atoms with Crippen LogP contribution in [0.25, 0.3) is 0 Å². The summed E-state index contributed by atoms with van der Waals surface area (Å²) in [4.78, 5) is 15.8. The normalized spacial score (nSPS) is 28.4. The molecule has 0 radical (unpaired) electrons. The van der Waals surface area contributed by atoms with Gasteiger partial charge in [-0.2, -0.15) is 0 Å². The second-order valence-corrected chi connectivity index (χ2v) is 6.58. The van der Waals surface area contributed by atoms with E-state index in [-0.39, 0.29) is 12.1 Å². The molecule has 1 aliphatic rings. The molecule has 1 amide bonds. The molecule has 18 heavy (non-hydrogen) atoms. The van der Waals surface area contributed by atoms with E-state index in [0.717, 1.165) is 13.0 Å². The van der Waals surface area contributed by atoms with Crippen molar-refractivity contribution in [2.45, 2.75) is 45.8 Å². The van der Waals surface area contributed by atoms with Crippen molar-refractivity contribution in [1.29, 1.82) is 0 Å². The number of nitrogens with one attached hydrogen (secondary N) is 1. The van der Waals surface area contributed by atoms with Crippen LogP contribution in [0.15, 0.2) is 17.5 Å². The van der Waals surface area contributed by atoms with Crippen molar-refractivity contribution in [2.24, 2.45) is 5.92 Å². The third-order valence-corrected chi connectivity index (χ3v) is 4.51. The summed E-state index contributed by atoms with van der Waals surface area (Å²) >= 11 is 1.71. The SMILES string of the molecule is CCC1(C)NC(c2cccs2)N(CC(C)C)C1=O. The third-order valence-electron chi connectivity index (χ3n) is 3.58. The van der Waals surface area contributed by atoms with E-state index in [1.165, 1.54) is 4.88 Å². The highest BCUT2D eigenvalue weighted by molar-refractivity contribution is 7.10. The van der Waals surface area contributed by atoms with Crippen molar-refractivity contribution in [1.82, 2.24) is 10.2 Å². The van der Waals surface area contributed by atoms with Gasteiger partial charge in [-0.05, 0) is 30.7 Å². The van der Waals surface area contributed by atoms with Crippen LogP contribution in [-0.2, 0) is 4.79 Å². The first-order valence-electron chi connectivity index (χ1n) is 6.60. The molecular formula is C14H22N2OS. The molecule has 0 bridgehead atoms.